The van der Waals surface area contributed by atoms with Crippen LogP contribution in [-0.4, -0.2) is 21.3 Å². The molecule has 0 fully saturated rings. The smallest absolute Gasteiger partial charge is 0.236 e. The van der Waals surface area contributed by atoms with Gasteiger partial charge in [0.15, 0.2) is 11.5 Å². The van der Waals surface area contributed by atoms with Crippen LogP contribution in [0.2, 0.25) is 0 Å². The van der Waals surface area contributed by atoms with E-state index in [4.69, 9.17) is 4.74 Å². The predicted molar refractivity (Wildman–Crippen MR) is 80.8 cm³/mol. The summed E-state index contributed by atoms with van der Waals surface area (Å²) < 4.78 is 5.76. The van der Waals surface area contributed by atoms with Crippen molar-refractivity contribution in [1.82, 2.24) is 9.97 Å². The molecule has 1 heterocycles. The molecule has 0 amide bonds. The molecule has 0 spiro atoms. The van der Waals surface area contributed by atoms with E-state index >= 15 is 0 Å². The van der Waals surface area contributed by atoms with E-state index in [1.54, 1.807) is 23.9 Å². The fraction of sp³-hybridized carbons (Fsp3) is 0.333. The Bertz CT molecular complexity index is 615. The van der Waals surface area contributed by atoms with Crippen LogP contribution in [-0.2, 0) is 0 Å². The minimum absolute atomic E-state index is 0.113. The molecule has 2 aromatic rings. The molecule has 0 aliphatic carbocycles. The largest absolute Gasteiger partial charge is 0.504 e. The van der Waals surface area contributed by atoms with Crippen molar-refractivity contribution in [1.29, 1.82) is 0 Å². The second-order valence-electron chi connectivity index (χ2n) is 4.83. The molecule has 1 aromatic carbocycles. The Morgan fingerprint density at radius 2 is 2.00 bits per heavy atom. The third-order valence-corrected chi connectivity index (χ3v) is 3.66. The van der Waals surface area contributed by atoms with Gasteiger partial charge in [-0.2, -0.15) is 0 Å². The van der Waals surface area contributed by atoms with Crippen molar-refractivity contribution in [3.8, 4) is 17.4 Å². The highest BCUT2D eigenvalue weighted by Gasteiger charge is 2.16. The summed E-state index contributed by atoms with van der Waals surface area (Å²) in [6.07, 6.45) is 3.46. The highest BCUT2D eigenvalue weighted by atomic mass is 32.2. The number of aromatic hydroxyl groups is 1. The first-order valence-electron chi connectivity index (χ1n) is 6.39. The van der Waals surface area contributed by atoms with E-state index in [-0.39, 0.29) is 11.7 Å². The Hall–Kier alpha value is -1.75. The van der Waals surface area contributed by atoms with Crippen LogP contribution in [0.3, 0.4) is 0 Å². The summed E-state index contributed by atoms with van der Waals surface area (Å²) in [5.74, 6) is 1.28. The van der Waals surface area contributed by atoms with Gasteiger partial charge in [0.25, 0.3) is 0 Å². The first-order chi connectivity index (χ1) is 9.52. The molecule has 0 saturated heterocycles. The maximum atomic E-state index is 9.92. The normalized spacial score (nSPS) is 10.8. The zero-order chi connectivity index (χ0) is 14.7. The van der Waals surface area contributed by atoms with Gasteiger partial charge in [-0.05, 0) is 36.8 Å². The van der Waals surface area contributed by atoms with E-state index in [0.717, 1.165) is 16.2 Å². The SMILES string of the molecule is CSc1c(Oc2ccc(C)cc2O)ncnc1C(C)C. The molecule has 1 N–H and O–H groups in total. The maximum Gasteiger partial charge on any atom is 0.236 e. The lowest BCUT2D eigenvalue weighted by molar-refractivity contribution is 0.394. The average molecular weight is 290 g/mol. The topological polar surface area (TPSA) is 55.2 Å². The van der Waals surface area contributed by atoms with Crippen LogP contribution in [0.5, 0.6) is 17.4 Å². The molecule has 2 rings (SSSR count). The van der Waals surface area contributed by atoms with Crippen LogP contribution >= 0.6 is 11.8 Å². The van der Waals surface area contributed by atoms with E-state index in [1.165, 1.54) is 6.33 Å². The van der Waals surface area contributed by atoms with Gasteiger partial charge in [-0.3, -0.25) is 0 Å². The lowest BCUT2D eigenvalue weighted by atomic mass is 10.1. The van der Waals surface area contributed by atoms with Crippen LogP contribution in [0.25, 0.3) is 0 Å². The van der Waals surface area contributed by atoms with Gasteiger partial charge in [0.05, 0.1) is 10.6 Å². The van der Waals surface area contributed by atoms with Crippen LogP contribution in [0.1, 0.15) is 31.0 Å². The summed E-state index contributed by atoms with van der Waals surface area (Å²) in [4.78, 5) is 9.40. The van der Waals surface area contributed by atoms with Gasteiger partial charge < -0.3 is 9.84 Å². The standard InChI is InChI=1S/C15H18N2O2S/c1-9(2)13-14(20-4)15(17-8-16-13)19-12-6-5-10(3)7-11(12)18/h5-9,18H,1-4H3. The Morgan fingerprint density at radius 1 is 1.25 bits per heavy atom. The Morgan fingerprint density at radius 3 is 2.60 bits per heavy atom. The molecule has 106 valence electrons. The van der Waals surface area contributed by atoms with Crippen LogP contribution < -0.4 is 4.74 Å². The first kappa shape index (κ1) is 14.7. The highest BCUT2D eigenvalue weighted by molar-refractivity contribution is 7.98. The molecule has 0 atom stereocenters. The van der Waals surface area contributed by atoms with E-state index in [2.05, 4.69) is 23.8 Å². The lowest BCUT2D eigenvalue weighted by Crippen LogP contribution is -2.00. The number of phenolic OH excluding ortho intramolecular Hbond substituents is 1. The fourth-order valence-electron chi connectivity index (χ4n) is 1.86. The number of ether oxygens (including phenoxy) is 1. The zero-order valence-electron chi connectivity index (χ0n) is 12.0. The van der Waals surface area contributed by atoms with Crippen molar-refractivity contribution in [3.05, 3.63) is 35.8 Å². The molecule has 0 saturated carbocycles. The number of hydrogen-bond acceptors (Lipinski definition) is 5. The first-order valence-corrected chi connectivity index (χ1v) is 7.61. The van der Waals surface area contributed by atoms with Crippen molar-refractivity contribution < 1.29 is 9.84 Å². The lowest BCUT2D eigenvalue weighted by Gasteiger charge is -2.14. The van der Waals surface area contributed by atoms with Gasteiger partial charge in [0.2, 0.25) is 5.88 Å². The number of aromatic nitrogens is 2. The quantitative estimate of drug-likeness (QED) is 0.858. The Kier molecular flexibility index (Phi) is 4.49. The fourth-order valence-corrected chi connectivity index (χ4v) is 2.63. The summed E-state index contributed by atoms with van der Waals surface area (Å²) >= 11 is 1.55. The molecule has 0 unspecified atom stereocenters. The molecule has 0 aliphatic heterocycles. The summed E-state index contributed by atoms with van der Waals surface area (Å²) in [6, 6.07) is 5.29. The van der Waals surface area contributed by atoms with E-state index < -0.39 is 0 Å². The van der Waals surface area contributed by atoms with Crippen molar-refractivity contribution >= 4 is 11.8 Å². The summed E-state index contributed by atoms with van der Waals surface area (Å²) in [5.41, 5.74) is 1.93. The van der Waals surface area contributed by atoms with E-state index in [9.17, 15) is 5.11 Å². The third kappa shape index (κ3) is 3.04. The number of benzene rings is 1. The summed E-state index contributed by atoms with van der Waals surface area (Å²) in [7, 11) is 0. The number of aryl methyl sites for hydroxylation is 1. The molecule has 1 aromatic heterocycles. The van der Waals surface area contributed by atoms with Crippen molar-refractivity contribution in [2.24, 2.45) is 0 Å². The molecule has 0 aliphatic rings. The molecule has 0 radical (unpaired) electrons. The molecule has 4 nitrogen and oxygen atoms in total. The molecular weight excluding hydrogens is 272 g/mol. The number of nitrogens with zero attached hydrogens (tertiary/aromatic N) is 2. The zero-order valence-corrected chi connectivity index (χ0v) is 12.9. The van der Waals surface area contributed by atoms with Crippen LogP contribution in [0, 0.1) is 6.92 Å². The Labute approximate surface area is 123 Å². The monoisotopic (exact) mass is 290 g/mol. The predicted octanol–water partition coefficient (Wildman–Crippen LogP) is 4.13. The van der Waals surface area contributed by atoms with Gasteiger partial charge in [-0.1, -0.05) is 19.9 Å². The second kappa shape index (κ2) is 6.13. The third-order valence-electron chi connectivity index (χ3n) is 2.87. The van der Waals surface area contributed by atoms with Gasteiger partial charge in [-0.25, -0.2) is 9.97 Å². The minimum Gasteiger partial charge on any atom is -0.504 e. The maximum absolute atomic E-state index is 9.92. The van der Waals surface area contributed by atoms with Gasteiger partial charge in [-0.15, -0.1) is 11.8 Å². The molecule has 20 heavy (non-hydrogen) atoms. The van der Waals surface area contributed by atoms with Gasteiger partial charge in [0.1, 0.15) is 6.33 Å². The number of phenols is 1. The summed E-state index contributed by atoms with van der Waals surface area (Å²) in [5, 5.41) is 9.92. The minimum atomic E-state index is 0.113. The molecular formula is C15H18N2O2S. The number of rotatable bonds is 4. The average Bonchev–Trinajstić information content (AvgIpc) is 2.41. The molecule has 0 bridgehead atoms. The van der Waals surface area contributed by atoms with Gasteiger partial charge >= 0.3 is 0 Å². The summed E-state index contributed by atoms with van der Waals surface area (Å²) in [6.45, 7) is 6.07. The van der Waals surface area contributed by atoms with E-state index in [1.807, 2.05) is 19.2 Å². The number of thioether (sulfide) groups is 1. The number of hydrogen-bond donors (Lipinski definition) is 1. The van der Waals surface area contributed by atoms with Gasteiger partial charge in [0, 0.05) is 0 Å². The highest BCUT2D eigenvalue weighted by Crippen LogP contribution is 2.37. The van der Waals surface area contributed by atoms with Crippen LogP contribution in [0.15, 0.2) is 29.4 Å². The van der Waals surface area contributed by atoms with Crippen molar-refractivity contribution in [2.75, 3.05) is 6.26 Å². The van der Waals surface area contributed by atoms with Crippen LogP contribution in [0.4, 0.5) is 0 Å². The van der Waals surface area contributed by atoms with Crippen molar-refractivity contribution in [3.63, 3.8) is 0 Å². The second-order valence-corrected chi connectivity index (χ2v) is 5.64. The van der Waals surface area contributed by atoms with E-state index in [0.29, 0.717) is 11.6 Å². The van der Waals surface area contributed by atoms with Crippen molar-refractivity contribution in [2.45, 2.75) is 31.6 Å². The molecule has 5 heteroatoms. The Balaban J connectivity index is 2.40.